The molecular formula is C27H46O2. The van der Waals surface area contributed by atoms with Crippen LogP contribution in [0.4, 0.5) is 0 Å². The van der Waals surface area contributed by atoms with Crippen LogP contribution in [0.2, 0.25) is 0 Å². The second kappa shape index (κ2) is 7.97. The van der Waals surface area contributed by atoms with E-state index in [1.54, 1.807) is 5.57 Å². The van der Waals surface area contributed by atoms with Gasteiger partial charge in [0.1, 0.15) is 0 Å². The first kappa shape index (κ1) is 21.9. The monoisotopic (exact) mass is 402 g/mol. The molecule has 0 saturated heterocycles. The highest BCUT2D eigenvalue weighted by Gasteiger charge is 2.59. The highest BCUT2D eigenvalue weighted by Crippen LogP contribution is 2.67. The van der Waals surface area contributed by atoms with Crippen LogP contribution in [-0.4, -0.2) is 22.4 Å². The second-order valence-electron chi connectivity index (χ2n) is 12.3. The SMILES string of the molecule is CC(C)C(O)CC[C@@H](C)[C@H]1CC[C@H]2[C@@H]3CC=C4C[C@@H](O)CC[C@]4(C)[C@H]3CC[C@]12C. The summed E-state index contributed by atoms with van der Waals surface area (Å²) in [4.78, 5) is 0. The van der Waals surface area contributed by atoms with E-state index in [2.05, 4.69) is 40.7 Å². The van der Waals surface area contributed by atoms with E-state index in [0.717, 1.165) is 48.9 Å². The summed E-state index contributed by atoms with van der Waals surface area (Å²) in [6.45, 7) is 11.9. The molecule has 2 heteroatoms. The standard InChI is InChI=1S/C27H46O2/c1-17(2)25(29)11-6-18(3)22-9-10-23-21-8-7-19-16-20(28)12-14-26(19,4)24(21)13-15-27(22,23)5/h7,17-18,20-25,28-29H,6,8-16H2,1-5H3/t18-,20+,21+,22-,23+,24+,25?,26+,27-/m1/s1. The minimum Gasteiger partial charge on any atom is -0.393 e. The molecule has 0 spiro atoms. The van der Waals surface area contributed by atoms with Gasteiger partial charge in [-0.2, -0.15) is 0 Å². The summed E-state index contributed by atoms with van der Waals surface area (Å²) in [7, 11) is 0. The largest absolute Gasteiger partial charge is 0.393 e. The Balaban J connectivity index is 1.49. The fourth-order valence-electron chi connectivity index (χ4n) is 8.59. The molecule has 0 heterocycles. The number of hydrogen-bond donors (Lipinski definition) is 2. The maximum absolute atomic E-state index is 10.3. The number of hydrogen-bond acceptors (Lipinski definition) is 2. The zero-order chi connectivity index (χ0) is 21.0. The molecule has 29 heavy (non-hydrogen) atoms. The molecule has 1 unspecified atom stereocenters. The molecule has 166 valence electrons. The summed E-state index contributed by atoms with van der Waals surface area (Å²) in [5, 5.41) is 20.5. The lowest BCUT2D eigenvalue weighted by atomic mass is 9.47. The normalized spacial score (nSPS) is 46.5. The van der Waals surface area contributed by atoms with Crippen LogP contribution in [-0.2, 0) is 0 Å². The lowest BCUT2D eigenvalue weighted by Crippen LogP contribution is -2.50. The molecule has 2 N–H and O–H groups in total. The Morgan fingerprint density at radius 3 is 2.48 bits per heavy atom. The van der Waals surface area contributed by atoms with E-state index in [1.165, 1.54) is 44.9 Å². The first-order chi connectivity index (χ1) is 13.7. The number of rotatable bonds is 5. The van der Waals surface area contributed by atoms with Gasteiger partial charge in [0, 0.05) is 0 Å². The van der Waals surface area contributed by atoms with Crippen molar-refractivity contribution in [3.8, 4) is 0 Å². The average molecular weight is 403 g/mol. The first-order valence-corrected chi connectivity index (χ1v) is 12.7. The van der Waals surface area contributed by atoms with Gasteiger partial charge < -0.3 is 10.2 Å². The predicted molar refractivity (Wildman–Crippen MR) is 120 cm³/mol. The second-order valence-corrected chi connectivity index (χ2v) is 12.3. The third-order valence-corrected chi connectivity index (χ3v) is 10.5. The Morgan fingerprint density at radius 2 is 1.76 bits per heavy atom. The molecule has 0 aromatic heterocycles. The molecule has 0 aromatic rings. The van der Waals surface area contributed by atoms with Crippen LogP contribution in [0.25, 0.3) is 0 Å². The highest BCUT2D eigenvalue weighted by atomic mass is 16.3. The van der Waals surface area contributed by atoms with Crippen molar-refractivity contribution >= 4 is 0 Å². The van der Waals surface area contributed by atoms with E-state index in [-0.39, 0.29) is 12.2 Å². The van der Waals surface area contributed by atoms with E-state index < -0.39 is 0 Å². The molecule has 4 aliphatic carbocycles. The molecule has 0 amide bonds. The van der Waals surface area contributed by atoms with Crippen LogP contribution in [0, 0.1) is 46.3 Å². The summed E-state index contributed by atoms with van der Waals surface area (Å²) in [5.74, 6) is 4.51. The van der Waals surface area contributed by atoms with Gasteiger partial charge in [-0.05, 0) is 111 Å². The van der Waals surface area contributed by atoms with Crippen molar-refractivity contribution in [2.75, 3.05) is 0 Å². The zero-order valence-electron chi connectivity index (χ0n) is 19.7. The zero-order valence-corrected chi connectivity index (χ0v) is 19.7. The molecule has 2 nitrogen and oxygen atoms in total. The van der Waals surface area contributed by atoms with Crippen LogP contribution in [0.15, 0.2) is 11.6 Å². The van der Waals surface area contributed by atoms with Crippen molar-refractivity contribution in [2.45, 2.75) is 111 Å². The Bertz CT molecular complexity index is 624. The van der Waals surface area contributed by atoms with E-state index in [0.29, 0.717) is 16.7 Å². The lowest BCUT2D eigenvalue weighted by Gasteiger charge is -2.58. The predicted octanol–water partition coefficient (Wildman–Crippen LogP) is 6.36. The topological polar surface area (TPSA) is 40.5 Å². The molecule has 0 radical (unpaired) electrons. The van der Waals surface area contributed by atoms with Crippen molar-refractivity contribution < 1.29 is 10.2 Å². The summed E-state index contributed by atoms with van der Waals surface area (Å²) >= 11 is 0. The van der Waals surface area contributed by atoms with E-state index >= 15 is 0 Å². The van der Waals surface area contributed by atoms with Crippen molar-refractivity contribution in [2.24, 2.45) is 46.3 Å². The Morgan fingerprint density at radius 1 is 1.00 bits per heavy atom. The molecule has 0 bridgehead atoms. The van der Waals surface area contributed by atoms with Gasteiger partial charge in [0.25, 0.3) is 0 Å². The van der Waals surface area contributed by atoms with Crippen LogP contribution < -0.4 is 0 Å². The molecule has 0 aliphatic heterocycles. The summed E-state index contributed by atoms with van der Waals surface area (Å²) in [6.07, 6.45) is 14.4. The van der Waals surface area contributed by atoms with Crippen molar-refractivity contribution in [1.82, 2.24) is 0 Å². The Hall–Kier alpha value is -0.340. The molecule has 3 fully saturated rings. The minimum atomic E-state index is -0.137. The van der Waals surface area contributed by atoms with Crippen LogP contribution in [0.5, 0.6) is 0 Å². The third kappa shape index (κ3) is 3.65. The van der Waals surface area contributed by atoms with Gasteiger partial charge >= 0.3 is 0 Å². The van der Waals surface area contributed by atoms with Gasteiger partial charge in [0.15, 0.2) is 0 Å². The van der Waals surface area contributed by atoms with Crippen molar-refractivity contribution in [3.05, 3.63) is 11.6 Å². The molecule has 9 atom stereocenters. The summed E-state index contributed by atoms with van der Waals surface area (Å²) in [6, 6.07) is 0. The molecule has 4 rings (SSSR count). The lowest BCUT2D eigenvalue weighted by molar-refractivity contribution is -0.0579. The number of allylic oxidation sites excluding steroid dienone is 1. The quantitative estimate of drug-likeness (QED) is 0.525. The minimum absolute atomic E-state index is 0.0994. The molecule has 4 aliphatic rings. The molecule has 0 aromatic carbocycles. The number of fused-ring (bicyclic) bond motifs is 5. The number of aliphatic hydroxyl groups excluding tert-OH is 2. The first-order valence-electron chi connectivity index (χ1n) is 12.7. The maximum Gasteiger partial charge on any atom is 0.0577 e. The van der Waals surface area contributed by atoms with Gasteiger partial charge in [-0.1, -0.05) is 46.3 Å². The highest BCUT2D eigenvalue weighted by molar-refractivity contribution is 5.25. The third-order valence-electron chi connectivity index (χ3n) is 10.5. The van der Waals surface area contributed by atoms with Gasteiger partial charge in [-0.25, -0.2) is 0 Å². The van der Waals surface area contributed by atoms with Gasteiger partial charge in [-0.15, -0.1) is 0 Å². The summed E-state index contributed by atoms with van der Waals surface area (Å²) in [5.41, 5.74) is 2.44. The molecular weight excluding hydrogens is 356 g/mol. The van der Waals surface area contributed by atoms with Crippen LogP contribution >= 0.6 is 0 Å². The summed E-state index contributed by atoms with van der Waals surface area (Å²) < 4.78 is 0. The fourth-order valence-corrected chi connectivity index (χ4v) is 8.59. The Kier molecular flexibility index (Phi) is 6.01. The smallest absolute Gasteiger partial charge is 0.0577 e. The molecule has 3 saturated carbocycles. The van der Waals surface area contributed by atoms with Crippen LogP contribution in [0.3, 0.4) is 0 Å². The Labute approximate surface area is 179 Å². The van der Waals surface area contributed by atoms with Crippen LogP contribution in [0.1, 0.15) is 98.8 Å². The van der Waals surface area contributed by atoms with E-state index in [9.17, 15) is 10.2 Å². The van der Waals surface area contributed by atoms with Gasteiger partial charge in [-0.3, -0.25) is 0 Å². The number of aliphatic hydroxyl groups is 2. The van der Waals surface area contributed by atoms with Crippen molar-refractivity contribution in [1.29, 1.82) is 0 Å². The average Bonchev–Trinajstić information content (AvgIpc) is 3.03. The maximum atomic E-state index is 10.3. The van der Waals surface area contributed by atoms with Gasteiger partial charge in [0.2, 0.25) is 0 Å². The van der Waals surface area contributed by atoms with E-state index in [1.807, 2.05) is 0 Å². The fraction of sp³-hybridized carbons (Fsp3) is 0.926. The van der Waals surface area contributed by atoms with Crippen molar-refractivity contribution in [3.63, 3.8) is 0 Å². The van der Waals surface area contributed by atoms with Gasteiger partial charge in [0.05, 0.1) is 12.2 Å². The van der Waals surface area contributed by atoms with E-state index in [4.69, 9.17) is 0 Å².